The Morgan fingerprint density at radius 3 is 2.36 bits per heavy atom. The fourth-order valence-electron chi connectivity index (χ4n) is 3.40. The van der Waals surface area contributed by atoms with Gasteiger partial charge in [-0.25, -0.2) is 0 Å². The summed E-state index contributed by atoms with van der Waals surface area (Å²) in [6.45, 7) is 3.26. The minimum Gasteiger partial charge on any atom is -0.495 e. The molecule has 0 aliphatic carbocycles. The van der Waals surface area contributed by atoms with Gasteiger partial charge in [0.1, 0.15) is 5.75 Å². The number of nitrogens with one attached hydrogen (secondary N) is 1. The van der Waals surface area contributed by atoms with Crippen molar-refractivity contribution in [2.75, 3.05) is 44.7 Å². The number of anilines is 1. The SMILES string of the molecule is COc1ccccc1N1CCN(C(=O)CCNC(=O)Cc2ccccc2)CC1. The second-order valence-electron chi connectivity index (χ2n) is 6.80. The molecule has 1 heterocycles. The van der Waals surface area contributed by atoms with Crippen LogP contribution in [0.15, 0.2) is 54.6 Å². The molecule has 1 aliphatic heterocycles. The molecule has 0 radical (unpaired) electrons. The van der Waals surface area contributed by atoms with E-state index in [1.54, 1.807) is 7.11 Å². The number of rotatable bonds is 7. The number of para-hydroxylation sites is 2. The minimum absolute atomic E-state index is 0.0556. The molecule has 0 unspecified atom stereocenters. The van der Waals surface area contributed by atoms with Crippen molar-refractivity contribution in [2.45, 2.75) is 12.8 Å². The summed E-state index contributed by atoms with van der Waals surface area (Å²) in [5.74, 6) is 0.878. The second-order valence-corrected chi connectivity index (χ2v) is 6.80. The molecule has 1 fully saturated rings. The molecule has 3 rings (SSSR count). The van der Waals surface area contributed by atoms with Crippen LogP contribution in [-0.2, 0) is 16.0 Å². The fraction of sp³-hybridized carbons (Fsp3) is 0.364. The Bertz CT molecular complexity index is 787. The zero-order valence-corrected chi connectivity index (χ0v) is 16.3. The van der Waals surface area contributed by atoms with E-state index in [1.165, 1.54) is 0 Å². The molecule has 2 aromatic rings. The molecule has 148 valence electrons. The zero-order valence-electron chi connectivity index (χ0n) is 16.3. The Hall–Kier alpha value is -3.02. The van der Waals surface area contributed by atoms with E-state index in [-0.39, 0.29) is 11.8 Å². The highest BCUT2D eigenvalue weighted by atomic mass is 16.5. The van der Waals surface area contributed by atoms with Crippen LogP contribution < -0.4 is 15.0 Å². The van der Waals surface area contributed by atoms with Crippen molar-refractivity contribution in [1.82, 2.24) is 10.2 Å². The molecule has 2 aromatic carbocycles. The number of piperazine rings is 1. The third kappa shape index (κ3) is 5.25. The quantitative estimate of drug-likeness (QED) is 0.798. The van der Waals surface area contributed by atoms with E-state index >= 15 is 0 Å². The number of ether oxygens (including phenoxy) is 1. The predicted molar refractivity (Wildman–Crippen MR) is 110 cm³/mol. The fourth-order valence-corrected chi connectivity index (χ4v) is 3.40. The summed E-state index contributed by atoms with van der Waals surface area (Å²) in [7, 11) is 1.67. The van der Waals surface area contributed by atoms with Crippen LogP contribution in [0.3, 0.4) is 0 Å². The molecule has 1 saturated heterocycles. The molecule has 28 heavy (non-hydrogen) atoms. The highest BCUT2D eigenvalue weighted by Crippen LogP contribution is 2.28. The lowest BCUT2D eigenvalue weighted by Gasteiger charge is -2.36. The number of nitrogens with zero attached hydrogens (tertiary/aromatic N) is 2. The third-order valence-electron chi connectivity index (χ3n) is 4.93. The molecule has 0 spiro atoms. The minimum atomic E-state index is -0.0556. The summed E-state index contributed by atoms with van der Waals surface area (Å²) in [5, 5.41) is 2.84. The van der Waals surface area contributed by atoms with Crippen LogP contribution in [0.5, 0.6) is 5.75 Å². The molecular weight excluding hydrogens is 354 g/mol. The van der Waals surface area contributed by atoms with Gasteiger partial charge in [-0.3, -0.25) is 9.59 Å². The van der Waals surface area contributed by atoms with E-state index < -0.39 is 0 Å². The zero-order chi connectivity index (χ0) is 19.8. The third-order valence-corrected chi connectivity index (χ3v) is 4.93. The number of carbonyl (C=O) groups is 2. The standard InChI is InChI=1S/C22H27N3O3/c1-28-20-10-6-5-9-19(20)24-13-15-25(16-14-24)22(27)11-12-23-21(26)17-18-7-3-2-4-8-18/h2-10H,11-17H2,1H3,(H,23,26). The predicted octanol–water partition coefficient (Wildman–Crippen LogP) is 2.09. The number of carbonyl (C=O) groups excluding carboxylic acids is 2. The van der Waals surface area contributed by atoms with E-state index in [1.807, 2.05) is 59.5 Å². The van der Waals surface area contributed by atoms with Crippen LogP contribution in [0, 0.1) is 0 Å². The topological polar surface area (TPSA) is 61.9 Å². The summed E-state index contributed by atoms with van der Waals surface area (Å²) in [6, 6.07) is 17.5. The summed E-state index contributed by atoms with van der Waals surface area (Å²) in [4.78, 5) is 28.5. The van der Waals surface area contributed by atoms with Crippen LogP contribution >= 0.6 is 0 Å². The molecule has 0 saturated carbocycles. The van der Waals surface area contributed by atoms with Crippen LogP contribution in [-0.4, -0.2) is 56.5 Å². The highest BCUT2D eigenvalue weighted by molar-refractivity contribution is 5.80. The molecule has 0 bridgehead atoms. The van der Waals surface area contributed by atoms with Gasteiger partial charge < -0.3 is 19.9 Å². The van der Waals surface area contributed by atoms with Crippen molar-refractivity contribution < 1.29 is 14.3 Å². The van der Waals surface area contributed by atoms with Crippen molar-refractivity contribution in [3.05, 3.63) is 60.2 Å². The van der Waals surface area contributed by atoms with Crippen molar-refractivity contribution in [3.8, 4) is 5.75 Å². The van der Waals surface area contributed by atoms with Gasteiger partial charge in [0.15, 0.2) is 0 Å². The van der Waals surface area contributed by atoms with Crippen LogP contribution in [0.25, 0.3) is 0 Å². The lowest BCUT2D eigenvalue weighted by atomic mass is 10.1. The summed E-state index contributed by atoms with van der Waals surface area (Å²) < 4.78 is 5.43. The molecule has 6 heteroatoms. The summed E-state index contributed by atoms with van der Waals surface area (Å²) in [5.41, 5.74) is 2.03. The molecular formula is C22H27N3O3. The van der Waals surface area contributed by atoms with Crippen molar-refractivity contribution in [1.29, 1.82) is 0 Å². The van der Waals surface area contributed by atoms with Gasteiger partial charge in [-0.05, 0) is 17.7 Å². The Balaban J connectivity index is 1.40. The van der Waals surface area contributed by atoms with Gasteiger partial charge >= 0.3 is 0 Å². The van der Waals surface area contributed by atoms with Crippen molar-refractivity contribution in [3.63, 3.8) is 0 Å². The van der Waals surface area contributed by atoms with E-state index in [4.69, 9.17) is 4.74 Å². The molecule has 0 aromatic heterocycles. The number of hydrogen-bond acceptors (Lipinski definition) is 4. The lowest BCUT2D eigenvalue weighted by molar-refractivity contribution is -0.131. The van der Waals surface area contributed by atoms with Gasteiger partial charge in [0.25, 0.3) is 0 Å². The largest absolute Gasteiger partial charge is 0.495 e. The lowest BCUT2D eigenvalue weighted by Crippen LogP contribution is -2.49. The van der Waals surface area contributed by atoms with Crippen LogP contribution in [0.2, 0.25) is 0 Å². The first kappa shape index (κ1) is 19.7. The van der Waals surface area contributed by atoms with E-state index in [9.17, 15) is 9.59 Å². The van der Waals surface area contributed by atoms with Crippen molar-refractivity contribution >= 4 is 17.5 Å². The normalized spacial score (nSPS) is 13.9. The first-order valence-electron chi connectivity index (χ1n) is 9.63. The number of methoxy groups -OCH3 is 1. The van der Waals surface area contributed by atoms with E-state index in [0.717, 1.165) is 30.1 Å². The number of amides is 2. The van der Waals surface area contributed by atoms with Gasteiger partial charge in [0.05, 0.1) is 19.2 Å². The monoisotopic (exact) mass is 381 g/mol. The Morgan fingerprint density at radius 2 is 1.64 bits per heavy atom. The Kier molecular flexibility index (Phi) is 6.89. The average molecular weight is 381 g/mol. The maximum Gasteiger partial charge on any atom is 0.224 e. The molecule has 0 atom stereocenters. The van der Waals surface area contributed by atoms with Gasteiger partial charge in [-0.1, -0.05) is 42.5 Å². The Morgan fingerprint density at radius 1 is 0.964 bits per heavy atom. The summed E-state index contributed by atoms with van der Waals surface area (Å²) in [6.07, 6.45) is 0.668. The molecule has 1 N–H and O–H groups in total. The highest BCUT2D eigenvalue weighted by Gasteiger charge is 2.22. The first-order valence-corrected chi connectivity index (χ1v) is 9.63. The number of hydrogen-bond donors (Lipinski definition) is 1. The molecule has 2 amide bonds. The van der Waals surface area contributed by atoms with Gasteiger partial charge in [0.2, 0.25) is 11.8 Å². The molecule has 6 nitrogen and oxygen atoms in total. The van der Waals surface area contributed by atoms with Gasteiger partial charge in [0, 0.05) is 39.1 Å². The van der Waals surface area contributed by atoms with Crippen LogP contribution in [0.1, 0.15) is 12.0 Å². The van der Waals surface area contributed by atoms with E-state index in [0.29, 0.717) is 32.5 Å². The average Bonchev–Trinajstić information content (AvgIpc) is 2.74. The van der Waals surface area contributed by atoms with E-state index in [2.05, 4.69) is 10.2 Å². The smallest absolute Gasteiger partial charge is 0.224 e. The van der Waals surface area contributed by atoms with Crippen molar-refractivity contribution in [2.24, 2.45) is 0 Å². The molecule has 1 aliphatic rings. The second kappa shape index (κ2) is 9.78. The summed E-state index contributed by atoms with van der Waals surface area (Å²) >= 11 is 0. The van der Waals surface area contributed by atoms with Gasteiger partial charge in [-0.2, -0.15) is 0 Å². The van der Waals surface area contributed by atoms with Crippen LogP contribution in [0.4, 0.5) is 5.69 Å². The first-order chi connectivity index (χ1) is 13.7. The van der Waals surface area contributed by atoms with Gasteiger partial charge in [-0.15, -0.1) is 0 Å². The number of benzene rings is 2. The maximum atomic E-state index is 12.4. The Labute approximate surface area is 166 Å². The maximum absolute atomic E-state index is 12.4.